The zero-order valence-electron chi connectivity index (χ0n) is 9.87. The second-order valence-electron chi connectivity index (χ2n) is 4.50. The van der Waals surface area contributed by atoms with Crippen molar-refractivity contribution in [2.24, 2.45) is 0 Å². The molecule has 1 N–H and O–H groups in total. The van der Waals surface area contributed by atoms with E-state index in [2.05, 4.69) is 11.8 Å². The first kappa shape index (κ1) is 13.2. The third kappa shape index (κ3) is 2.76. The lowest BCUT2D eigenvalue weighted by Crippen LogP contribution is -2.28. The molecular weight excluding hydrogens is 257 g/mol. The van der Waals surface area contributed by atoms with E-state index in [9.17, 15) is 5.11 Å². The molecular formula is C13H17Cl2NO. The number of likely N-dealkylation sites (tertiary alicyclic amines) is 1. The van der Waals surface area contributed by atoms with Gasteiger partial charge in [-0.3, -0.25) is 4.90 Å². The molecule has 1 aromatic carbocycles. The van der Waals surface area contributed by atoms with E-state index >= 15 is 0 Å². The zero-order chi connectivity index (χ0) is 12.4. The molecule has 0 saturated carbocycles. The van der Waals surface area contributed by atoms with Crippen LogP contribution in [0.5, 0.6) is 0 Å². The predicted octanol–water partition coefficient (Wildman–Crippen LogP) is 3.51. The van der Waals surface area contributed by atoms with Crippen LogP contribution >= 0.6 is 23.2 Å². The number of benzene rings is 1. The van der Waals surface area contributed by atoms with Crippen LogP contribution < -0.4 is 0 Å². The number of hydrogen-bond donors (Lipinski definition) is 1. The van der Waals surface area contributed by atoms with Gasteiger partial charge in [-0.25, -0.2) is 0 Å². The summed E-state index contributed by atoms with van der Waals surface area (Å²) in [7, 11) is 0. The highest BCUT2D eigenvalue weighted by Crippen LogP contribution is 2.37. The standard InChI is InChI=1S/C13H17Cl2NO/c1-2-6-16-7-5-12(17)13(16)10-4-3-9(14)8-11(10)15/h3-4,8,12-13,17H,2,5-7H2,1H3. The van der Waals surface area contributed by atoms with E-state index in [-0.39, 0.29) is 12.1 Å². The lowest BCUT2D eigenvalue weighted by molar-refractivity contribution is 0.116. The van der Waals surface area contributed by atoms with Crippen LogP contribution in [0.2, 0.25) is 10.0 Å². The van der Waals surface area contributed by atoms with E-state index in [4.69, 9.17) is 23.2 Å². The first-order valence-corrected chi connectivity index (χ1v) is 6.76. The maximum absolute atomic E-state index is 10.1. The van der Waals surface area contributed by atoms with E-state index in [1.54, 1.807) is 6.07 Å². The van der Waals surface area contributed by atoms with Crippen LogP contribution in [-0.2, 0) is 0 Å². The van der Waals surface area contributed by atoms with Crippen molar-refractivity contribution in [1.82, 2.24) is 4.90 Å². The minimum absolute atomic E-state index is 0.0136. The number of aliphatic hydroxyl groups is 1. The van der Waals surface area contributed by atoms with Gasteiger partial charge in [-0.2, -0.15) is 0 Å². The largest absolute Gasteiger partial charge is 0.391 e. The monoisotopic (exact) mass is 273 g/mol. The SMILES string of the molecule is CCCN1CCC(O)C1c1ccc(Cl)cc1Cl. The summed E-state index contributed by atoms with van der Waals surface area (Å²) in [6, 6.07) is 5.51. The van der Waals surface area contributed by atoms with Crippen molar-refractivity contribution in [2.45, 2.75) is 31.9 Å². The molecule has 0 radical (unpaired) electrons. The van der Waals surface area contributed by atoms with E-state index < -0.39 is 0 Å². The average Bonchev–Trinajstić information content (AvgIpc) is 2.62. The molecule has 0 aliphatic carbocycles. The number of nitrogens with zero attached hydrogens (tertiary/aromatic N) is 1. The van der Waals surface area contributed by atoms with Crippen molar-refractivity contribution in [3.8, 4) is 0 Å². The van der Waals surface area contributed by atoms with Crippen LogP contribution in [0.15, 0.2) is 18.2 Å². The first-order chi connectivity index (χ1) is 8.13. The molecule has 1 saturated heterocycles. The fourth-order valence-electron chi connectivity index (χ4n) is 2.52. The van der Waals surface area contributed by atoms with Crippen molar-refractivity contribution in [3.63, 3.8) is 0 Å². The molecule has 2 atom stereocenters. The molecule has 0 amide bonds. The highest BCUT2D eigenvalue weighted by atomic mass is 35.5. The third-order valence-electron chi connectivity index (χ3n) is 3.26. The van der Waals surface area contributed by atoms with Crippen molar-refractivity contribution in [1.29, 1.82) is 0 Å². The van der Waals surface area contributed by atoms with E-state index in [0.29, 0.717) is 10.0 Å². The van der Waals surface area contributed by atoms with Gasteiger partial charge >= 0.3 is 0 Å². The number of halogens is 2. The van der Waals surface area contributed by atoms with E-state index in [1.165, 1.54) is 0 Å². The average molecular weight is 274 g/mol. The summed E-state index contributed by atoms with van der Waals surface area (Å²) in [6.45, 7) is 4.06. The van der Waals surface area contributed by atoms with Gasteiger partial charge in [0, 0.05) is 16.6 Å². The van der Waals surface area contributed by atoms with Gasteiger partial charge in [-0.05, 0) is 37.1 Å². The van der Waals surface area contributed by atoms with Crippen LogP contribution in [-0.4, -0.2) is 29.2 Å². The van der Waals surface area contributed by atoms with Crippen LogP contribution in [0.3, 0.4) is 0 Å². The fourth-order valence-corrected chi connectivity index (χ4v) is 3.04. The maximum Gasteiger partial charge on any atom is 0.0749 e. The fraction of sp³-hybridized carbons (Fsp3) is 0.538. The van der Waals surface area contributed by atoms with E-state index in [1.807, 2.05) is 12.1 Å². The molecule has 2 nitrogen and oxygen atoms in total. The molecule has 0 aromatic heterocycles. The Bertz CT molecular complexity index is 395. The second kappa shape index (κ2) is 5.57. The Hall–Kier alpha value is -0.280. The number of hydrogen-bond acceptors (Lipinski definition) is 2. The summed E-state index contributed by atoms with van der Waals surface area (Å²) in [5, 5.41) is 11.4. The topological polar surface area (TPSA) is 23.5 Å². The van der Waals surface area contributed by atoms with Gasteiger partial charge in [0.2, 0.25) is 0 Å². The predicted molar refractivity (Wildman–Crippen MR) is 71.7 cm³/mol. The van der Waals surface area contributed by atoms with E-state index in [0.717, 1.165) is 31.5 Å². The smallest absolute Gasteiger partial charge is 0.0749 e. The van der Waals surface area contributed by atoms with Crippen molar-refractivity contribution >= 4 is 23.2 Å². The maximum atomic E-state index is 10.1. The van der Waals surface area contributed by atoms with Gasteiger partial charge in [0.15, 0.2) is 0 Å². The molecule has 2 unspecified atom stereocenters. The molecule has 1 aliphatic heterocycles. The van der Waals surface area contributed by atoms with Gasteiger partial charge in [-0.1, -0.05) is 36.2 Å². The summed E-state index contributed by atoms with van der Waals surface area (Å²) < 4.78 is 0. The summed E-state index contributed by atoms with van der Waals surface area (Å²) in [6.07, 6.45) is 1.55. The Morgan fingerprint density at radius 2 is 2.18 bits per heavy atom. The number of rotatable bonds is 3. The lowest BCUT2D eigenvalue weighted by atomic mass is 10.0. The molecule has 1 aromatic rings. The molecule has 1 fully saturated rings. The lowest BCUT2D eigenvalue weighted by Gasteiger charge is -2.27. The Morgan fingerprint density at radius 1 is 1.41 bits per heavy atom. The minimum Gasteiger partial charge on any atom is -0.391 e. The third-order valence-corrected chi connectivity index (χ3v) is 3.82. The molecule has 2 rings (SSSR count). The van der Waals surface area contributed by atoms with Gasteiger partial charge < -0.3 is 5.11 Å². The Morgan fingerprint density at radius 3 is 2.82 bits per heavy atom. The summed E-state index contributed by atoms with van der Waals surface area (Å²) in [5.41, 5.74) is 0.981. The Labute approximate surface area is 112 Å². The molecule has 1 heterocycles. The summed E-state index contributed by atoms with van der Waals surface area (Å²) >= 11 is 12.1. The highest BCUT2D eigenvalue weighted by Gasteiger charge is 2.34. The molecule has 94 valence electrons. The highest BCUT2D eigenvalue weighted by molar-refractivity contribution is 6.35. The second-order valence-corrected chi connectivity index (χ2v) is 5.35. The molecule has 0 spiro atoms. The quantitative estimate of drug-likeness (QED) is 0.911. The molecule has 4 heteroatoms. The van der Waals surface area contributed by atoms with Gasteiger partial charge in [0.1, 0.15) is 0 Å². The van der Waals surface area contributed by atoms with Crippen molar-refractivity contribution in [3.05, 3.63) is 33.8 Å². The van der Waals surface area contributed by atoms with Crippen molar-refractivity contribution in [2.75, 3.05) is 13.1 Å². The minimum atomic E-state index is -0.333. The first-order valence-electron chi connectivity index (χ1n) is 6.00. The van der Waals surface area contributed by atoms with Crippen LogP contribution in [0.1, 0.15) is 31.4 Å². The van der Waals surface area contributed by atoms with Crippen LogP contribution in [0.25, 0.3) is 0 Å². The number of aliphatic hydroxyl groups excluding tert-OH is 1. The Balaban J connectivity index is 2.29. The van der Waals surface area contributed by atoms with Crippen LogP contribution in [0, 0.1) is 0 Å². The van der Waals surface area contributed by atoms with Crippen molar-refractivity contribution < 1.29 is 5.11 Å². The summed E-state index contributed by atoms with van der Waals surface area (Å²) in [5.74, 6) is 0. The van der Waals surface area contributed by atoms with Gasteiger partial charge in [0.25, 0.3) is 0 Å². The molecule has 1 aliphatic rings. The summed E-state index contributed by atoms with van der Waals surface area (Å²) in [4.78, 5) is 2.29. The normalized spacial score (nSPS) is 25.4. The van der Waals surface area contributed by atoms with Gasteiger partial charge in [0.05, 0.1) is 12.1 Å². The van der Waals surface area contributed by atoms with Crippen LogP contribution in [0.4, 0.5) is 0 Å². The molecule has 0 bridgehead atoms. The zero-order valence-corrected chi connectivity index (χ0v) is 11.4. The Kier molecular flexibility index (Phi) is 4.31. The molecule has 17 heavy (non-hydrogen) atoms. The van der Waals surface area contributed by atoms with Gasteiger partial charge in [-0.15, -0.1) is 0 Å².